The Morgan fingerprint density at radius 2 is 1.75 bits per heavy atom. The fourth-order valence-corrected chi connectivity index (χ4v) is 3.52. The fourth-order valence-electron chi connectivity index (χ4n) is 1.60. The number of rotatable bonds is 9. The fraction of sp³-hybridized carbons (Fsp3) is 1.00. The van der Waals surface area contributed by atoms with Gasteiger partial charge in [-0.1, -0.05) is 27.2 Å². The van der Waals surface area contributed by atoms with Crippen LogP contribution in [0.15, 0.2) is 0 Å². The van der Waals surface area contributed by atoms with E-state index in [1.807, 2.05) is 13.8 Å². The summed E-state index contributed by atoms with van der Waals surface area (Å²) in [5.74, 6) is 0.000675. The first-order valence-electron chi connectivity index (χ1n) is 5.89. The van der Waals surface area contributed by atoms with E-state index in [0.717, 1.165) is 25.7 Å². The third-order valence-electron chi connectivity index (χ3n) is 3.03. The second-order valence-corrected chi connectivity index (χ2v) is 7.07. The Morgan fingerprint density at radius 3 is 2.12 bits per heavy atom. The average molecular weight is 271 g/mol. The summed E-state index contributed by atoms with van der Waals surface area (Å²) >= 11 is 0. The SMILES string of the molecule is CCCCOCC(CC)(CC)CS(=O)(=O)Cl. The lowest BCUT2D eigenvalue weighted by molar-refractivity contribution is 0.0487. The van der Waals surface area contributed by atoms with E-state index in [1.165, 1.54) is 0 Å². The van der Waals surface area contributed by atoms with Crippen molar-refractivity contribution in [1.29, 1.82) is 0 Å². The first-order chi connectivity index (χ1) is 7.39. The molecule has 0 unspecified atom stereocenters. The van der Waals surface area contributed by atoms with E-state index in [0.29, 0.717) is 13.2 Å². The molecule has 0 rings (SSSR count). The molecule has 3 nitrogen and oxygen atoms in total. The highest BCUT2D eigenvalue weighted by atomic mass is 35.7. The van der Waals surface area contributed by atoms with Gasteiger partial charge in [0.25, 0.3) is 0 Å². The second-order valence-electron chi connectivity index (χ2n) is 4.30. The highest BCUT2D eigenvalue weighted by molar-refractivity contribution is 8.13. The molecule has 0 heterocycles. The van der Waals surface area contributed by atoms with Gasteiger partial charge in [-0.2, -0.15) is 0 Å². The molecule has 0 saturated heterocycles. The number of hydrogen-bond acceptors (Lipinski definition) is 3. The van der Waals surface area contributed by atoms with Crippen molar-refractivity contribution in [1.82, 2.24) is 0 Å². The average Bonchev–Trinajstić information content (AvgIpc) is 2.21. The van der Waals surface area contributed by atoms with Crippen LogP contribution in [0, 0.1) is 5.41 Å². The smallest absolute Gasteiger partial charge is 0.233 e. The van der Waals surface area contributed by atoms with Crippen molar-refractivity contribution in [3.8, 4) is 0 Å². The van der Waals surface area contributed by atoms with Crippen LogP contribution in [0.3, 0.4) is 0 Å². The predicted molar refractivity (Wildman–Crippen MR) is 68.4 cm³/mol. The van der Waals surface area contributed by atoms with Gasteiger partial charge in [0, 0.05) is 22.7 Å². The molecule has 0 fully saturated rings. The Hall–Kier alpha value is 0.200. The summed E-state index contributed by atoms with van der Waals surface area (Å²) in [5, 5.41) is 0. The van der Waals surface area contributed by atoms with Gasteiger partial charge in [-0.3, -0.25) is 0 Å². The zero-order chi connectivity index (χ0) is 12.7. The molecule has 0 aromatic rings. The number of unbranched alkanes of at least 4 members (excludes halogenated alkanes) is 1. The van der Waals surface area contributed by atoms with E-state index in [9.17, 15) is 8.42 Å². The van der Waals surface area contributed by atoms with Crippen molar-refractivity contribution < 1.29 is 13.2 Å². The molecule has 0 radical (unpaired) electrons. The maximum absolute atomic E-state index is 11.2. The predicted octanol–water partition coefficient (Wildman–Crippen LogP) is 3.18. The molecule has 0 spiro atoms. The Bertz CT molecular complexity index is 271. The molecule has 16 heavy (non-hydrogen) atoms. The molecule has 0 N–H and O–H groups in total. The Morgan fingerprint density at radius 1 is 1.19 bits per heavy atom. The minimum atomic E-state index is -3.46. The van der Waals surface area contributed by atoms with Gasteiger partial charge in [0.1, 0.15) is 0 Å². The first kappa shape index (κ1) is 16.2. The van der Waals surface area contributed by atoms with Crippen molar-refractivity contribution in [3.05, 3.63) is 0 Å². The number of halogens is 1. The van der Waals surface area contributed by atoms with Gasteiger partial charge in [0.05, 0.1) is 12.4 Å². The summed E-state index contributed by atoms with van der Waals surface area (Å²) in [7, 11) is 1.88. The molecule has 0 aliphatic heterocycles. The second kappa shape index (κ2) is 7.51. The van der Waals surface area contributed by atoms with E-state index in [2.05, 4.69) is 6.92 Å². The molecule has 0 bridgehead atoms. The molecule has 5 heteroatoms. The van der Waals surface area contributed by atoms with Crippen molar-refractivity contribution in [3.63, 3.8) is 0 Å². The largest absolute Gasteiger partial charge is 0.381 e. The summed E-state index contributed by atoms with van der Waals surface area (Å²) in [5.41, 5.74) is -0.325. The van der Waals surface area contributed by atoms with Gasteiger partial charge in [0.2, 0.25) is 9.05 Å². The summed E-state index contributed by atoms with van der Waals surface area (Å²) in [4.78, 5) is 0. The molecular formula is C11H23ClO3S. The Kier molecular flexibility index (Phi) is 7.61. The number of ether oxygens (including phenoxy) is 1. The minimum absolute atomic E-state index is 0.000675. The standard InChI is InChI=1S/C11H23ClO3S/c1-4-7-8-15-9-11(5-2,6-3)10-16(12,13)14/h4-10H2,1-3H3. The monoisotopic (exact) mass is 270 g/mol. The molecule has 0 aromatic heterocycles. The topological polar surface area (TPSA) is 43.4 Å². The van der Waals surface area contributed by atoms with Crippen LogP contribution in [0.1, 0.15) is 46.5 Å². The van der Waals surface area contributed by atoms with Crippen LogP contribution in [-0.4, -0.2) is 27.4 Å². The van der Waals surface area contributed by atoms with E-state index in [4.69, 9.17) is 15.4 Å². The van der Waals surface area contributed by atoms with Crippen molar-refractivity contribution in [2.75, 3.05) is 19.0 Å². The summed E-state index contributed by atoms with van der Waals surface area (Å²) in [6, 6.07) is 0. The van der Waals surface area contributed by atoms with Gasteiger partial charge in [-0.05, 0) is 19.3 Å². The van der Waals surface area contributed by atoms with Crippen LogP contribution in [0.2, 0.25) is 0 Å². The Labute approximate surface area is 104 Å². The minimum Gasteiger partial charge on any atom is -0.381 e. The molecule has 0 saturated carbocycles. The molecule has 0 atom stereocenters. The van der Waals surface area contributed by atoms with E-state index < -0.39 is 9.05 Å². The summed E-state index contributed by atoms with van der Waals surface area (Å²) in [6.07, 6.45) is 3.62. The molecule has 98 valence electrons. The molecule has 0 aliphatic carbocycles. The van der Waals surface area contributed by atoms with Crippen LogP contribution in [0.25, 0.3) is 0 Å². The van der Waals surface area contributed by atoms with Gasteiger partial charge in [-0.15, -0.1) is 0 Å². The summed E-state index contributed by atoms with van der Waals surface area (Å²) in [6.45, 7) is 7.23. The normalized spacial score (nSPS) is 13.0. The van der Waals surface area contributed by atoms with Gasteiger partial charge in [-0.25, -0.2) is 8.42 Å². The molecule has 0 aromatic carbocycles. The maximum Gasteiger partial charge on any atom is 0.233 e. The van der Waals surface area contributed by atoms with Gasteiger partial charge >= 0.3 is 0 Å². The van der Waals surface area contributed by atoms with Crippen molar-refractivity contribution in [2.45, 2.75) is 46.5 Å². The zero-order valence-electron chi connectivity index (χ0n) is 10.5. The maximum atomic E-state index is 11.2. The van der Waals surface area contributed by atoms with Crippen LogP contribution >= 0.6 is 10.7 Å². The highest BCUT2D eigenvalue weighted by Crippen LogP contribution is 2.30. The molecule has 0 aliphatic rings. The van der Waals surface area contributed by atoms with Gasteiger partial charge in [0.15, 0.2) is 0 Å². The van der Waals surface area contributed by atoms with Crippen LogP contribution in [0.4, 0.5) is 0 Å². The van der Waals surface area contributed by atoms with Crippen molar-refractivity contribution >= 4 is 19.7 Å². The van der Waals surface area contributed by atoms with Crippen LogP contribution < -0.4 is 0 Å². The quantitative estimate of drug-likeness (QED) is 0.477. The van der Waals surface area contributed by atoms with Crippen LogP contribution in [-0.2, 0) is 13.8 Å². The lowest BCUT2D eigenvalue weighted by Gasteiger charge is -2.29. The Balaban J connectivity index is 4.33. The third-order valence-corrected chi connectivity index (χ3v) is 4.31. The van der Waals surface area contributed by atoms with E-state index >= 15 is 0 Å². The first-order valence-corrected chi connectivity index (χ1v) is 8.37. The van der Waals surface area contributed by atoms with E-state index in [1.54, 1.807) is 0 Å². The van der Waals surface area contributed by atoms with Gasteiger partial charge < -0.3 is 4.74 Å². The zero-order valence-corrected chi connectivity index (χ0v) is 12.0. The summed E-state index contributed by atoms with van der Waals surface area (Å²) < 4.78 is 27.9. The lowest BCUT2D eigenvalue weighted by Crippen LogP contribution is -2.32. The lowest BCUT2D eigenvalue weighted by atomic mass is 9.85. The molecular weight excluding hydrogens is 248 g/mol. The van der Waals surface area contributed by atoms with Crippen molar-refractivity contribution in [2.24, 2.45) is 5.41 Å². The van der Waals surface area contributed by atoms with Crippen LogP contribution in [0.5, 0.6) is 0 Å². The highest BCUT2D eigenvalue weighted by Gasteiger charge is 2.31. The molecule has 0 amide bonds. The third kappa shape index (κ3) is 6.71. The van der Waals surface area contributed by atoms with E-state index in [-0.39, 0.29) is 11.2 Å². The number of hydrogen-bond donors (Lipinski definition) is 0.